The second kappa shape index (κ2) is 4.21. The first-order valence-corrected chi connectivity index (χ1v) is 7.64. The Morgan fingerprint density at radius 3 is 2.86 bits per heavy atom. The molecule has 2 fully saturated rings. The minimum Gasteiger partial charge on any atom is -0.478 e. The fourth-order valence-electron chi connectivity index (χ4n) is 4.72. The number of carbonyl (C=O) groups excluding carboxylic acids is 1. The Hall–Kier alpha value is -2.11. The summed E-state index contributed by atoms with van der Waals surface area (Å²) in [5.41, 5.74) is 0.295. The number of allylic oxidation sites excluding steroid dienone is 2. The molecule has 4 rings (SSSR count). The normalized spacial score (nSPS) is 35.2. The molecule has 0 aromatic carbocycles. The van der Waals surface area contributed by atoms with Crippen molar-refractivity contribution < 1.29 is 14.7 Å². The molecule has 22 heavy (non-hydrogen) atoms. The third kappa shape index (κ3) is 1.58. The molecule has 2 aliphatic carbocycles. The van der Waals surface area contributed by atoms with Gasteiger partial charge in [-0.15, -0.1) is 0 Å². The van der Waals surface area contributed by atoms with Gasteiger partial charge in [0.2, 0.25) is 0 Å². The first-order valence-electron chi connectivity index (χ1n) is 7.64. The molecule has 4 atom stereocenters. The number of aromatic nitrogens is 2. The van der Waals surface area contributed by atoms with E-state index in [2.05, 4.69) is 24.2 Å². The van der Waals surface area contributed by atoms with Gasteiger partial charge in [0.1, 0.15) is 11.3 Å². The van der Waals surface area contributed by atoms with E-state index < -0.39 is 5.97 Å². The number of hydrogen-bond acceptors (Lipinski definition) is 3. The smallest absolute Gasteiger partial charge is 0.339 e. The molecular formula is C16H19N3O3. The monoisotopic (exact) mass is 301 g/mol. The molecule has 0 unspecified atom stereocenters. The summed E-state index contributed by atoms with van der Waals surface area (Å²) >= 11 is 0. The van der Waals surface area contributed by atoms with Gasteiger partial charge in [0.05, 0.1) is 6.20 Å². The summed E-state index contributed by atoms with van der Waals surface area (Å²) in [6.07, 6.45) is 7.04. The van der Waals surface area contributed by atoms with Gasteiger partial charge in [0, 0.05) is 20.1 Å². The summed E-state index contributed by atoms with van der Waals surface area (Å²) in [6.45, 7) is 3.68. The van der Waals surface area contributed by atoms with Crippen molar-refractivity contribution in [2.24, 2.45) is 30.2 Å². The molecule has 1 saturated heterocycles. The lowest BCUT2D eigenvalue weighted by Crippen LogP contribution is -2.35. The highest BCUT2D eigenvalue weighted by Gasteiger charge is 2.58. The lowest BCUT2D eigenvalue weighted by molar-refractivity contribution is 0.0674. The standard InChI is InChI=1S/C16H19N3O3/c1-16-8-19(7-12(16)9-3-4-10(16)5-9)14(20)13-11(15(21)22)6-17-18(13)2/h3-4,6,9-10,12H,5,7-8H2,1-2H3,(H,21,22)/t9-,10+,12-,16+/m1/s1. The van der Waals surface area contributed by atoms with Gasteiger partial charge in [-0.05, 0) is 29.6 Å². The summed E-state index contributed by atoms with van der Waals surface area (Å²) in [5, 5.41) is 13.2. The van der Waals surface area contributed by atoms with Gasteiger partial charge in [-0.3, -0.25) is 9.48 Å². The highest BCUT2D eigenvalue weighted by atomic mass is 16.4. The Kier molecular flexibility index (Phi) is 2.59. The minimum absolute atomic E-state index is 0.0178. The van der Waals surface area contributed by atoms with Crippen LogP contribution in [0.1, 0.15) is 34.2 Å². The number of likely N-dealkylation sites (tertiary alicyclic amines) is 1. The van der Waals surface area contributed by atoms with E-state index in [1.165, 1.54) is 17.3 Å². The van der Waals surface area contributed by atoms with Crippen molar-refractivity contribution in [1.82, 2.24) is 14.7 Å². The van der Waals surface area contributed by atoms with Crippen LogP contribution in [0.25, 0.3) is 0 Å². The van der Waals surface area contributed by atoms with Crippen molar-refractivity contribution in [3.05, 3.63) is 29.6 Å². The molecule has 2 bridgehead atoms. The van der Waals surface area contributed by atoms with Gasteiger partial charge in [0.25, 0.3) is 5.91 Å². The molecule has 3 aliphatic rings. The number of hydrogen-bond donors (Lipinski definition) is 1. The molecule has 1 aliphatic heterocycles. The van der Waals surface area contributed by atoms with Gasteiger partial charge in [0.15, 0.2) is 0 Å². The molecule has 1 aromatic rings. The van der Waals surface area contributed by atoms with Crippen LogP contribution in [0.3, 0.4) is 0 Å². The van der Waals surface area contributed by atoms with E-state index in [-0.39, 0.29) is 22.6 Å². The van der Waals surface area contributed by atoms with E-state index in [9.17, 15) is 14.7 Å². The van der Waals surface area contributed by atoms with Crippen LogP contribution in [0.15, 0.2) is 18.3 Å². The average molecular weight is 301 g/mol. The summed E-state index contributed by atoms with van der Waals surface area (Å²) in [6, 6.07) is 0. The average Bonchev–Trinajstić information content (AvgIpc) is 3.16. The Morgan fingerprint density at radius 1 is 1.41 bits per heavy atom. The third-order valence-electron chi connectivity index (χ3n) is 5.94. The maximum Gasteiger partial charge on any atom is 0.339 e. The Balaban J connectivity index is 1.64. The van der Waals surface area contributed by atoms with Gasteiger partial charge in [-0.1, -0.05) is 19.1 Å². The van der Waals surface area contributed by atoms with Gasteiger partial charge in [-0.2, -0.15) is 5.10 Å². The van der Waals surface area contributed by atoms with Crippen LogP contribution >= 0.6 is 0 Å². The van der Waals surface area contributed by atoms with Crippen molar-refractivity contribution in [3.63, 3.8) is 0 Å². The van der Waals surface area contributed by atoms with Crippen molar-refractivity contribution in [2.45, 2.75) is 13.3 Å². The molecule has 1 N–H and O–H groups in total. The maximum atomic E-state index is 12.8. The van der Waals surface area contributed by atoms with Crippen molar-refractivity contribution in [2.75, 3.05) is 13.1 Å². The van der Waals surface area contributed by atoms with Crippen molar-refractivity contribution >= 4 is 11.9 Å². The highest BCUT2D eigenvalue weighted by molar-refractivity contribution is 6.03. The van der Waals surface area contributed by atoms with Crippen molar-refractivity contribution in [1.29, 1.82) is 0 Å². The van der Waals surface area contributed by atoms with E-state index in [0.29, 0.717) is 30.8 Å². The van der Waals surface area contributed by atoms with Crippen LogP contribution in [0.4, 0.5) is 0 Å². The number of amides is 1. The van der Waals surface area contributed by atoms with Crippen LogP contribution in [-0.4, -0.2) is 44.8 Å². The summed E-state index contributed by atoms with van der Waals surface area (Å²) in [4.78, 5) is 26.0. The number of rotatable bonds is 2. The predicted octanol–water partition coefficient (Wildman–Crippen LogP) is 1.40. The Bertz CT molecular complexity index is 707. The first kappa shape index (κ1) is 13.5. The largest absolute Gasteiger partial charge is 0.478 e. The van der Waals surface area contributed by atoms with Crippen LogP contribution < -0.4 is 0 Å². The Morgan fingerprint density at radius 2 is 2.18 bits per heavy atom. The molecule has 2 heterocycles. The lowest BCUT2D eigenvalue weighted by Gasteiger charge is -2.31. The van der Waals surface area contributed by atoms with E-state index in [1.807, 2.05) is 4.90 Å². The Labute approximate surface area is 128 Å². The number of carboxylic acids is 1. The molecule has 0 radical (unpaired) electrons. The summed E-state index contributed by atoms with van der Waals surface area (Å²) < 4.78 is 1.37. The number of aromatic carboxylic acids is 1. The number of fused-ring (bicyclic) bond motifs is 5. The van der Waals surface area contributed by atoms with Crippen LogP contribution in [0, 0.1) is 23.2 Å². The van der Waals surface area contributed by atoms with Crippen LogP contribution in [0.5, 0.6) is 0 Å². The molecule has 1 aromatic heterocycles. The molecule has 116 valence electrons. The topological polar surface area (TPSA) is 75.4 Å². The fourth-order valence-corrected chi connectivity index (χ4v) is 4.72. The number of carboxylic acid groups (broad SMARTS) is 1. The zero-order valence-corrected chi connectivity index (χ0v) is 12.7. The quantitative estimate of drug-likeness (QED) is 0.838. The summed E-state index contributed by atoms with van der Waals surface area (Å²) in [7, 11) is 1.61. The van der Waals surface area contributed by atoms with E-state index in [4.69, 9.17) is 0 Å². The van der Waals surface area contributed by atoms with Crippen LogP contribution in [-0.2, 0) is 7.05 Å². The molecule has 6 nitrogen and oxygen atoms in total. The van der Waals surface area contributed by atoms with E-state index in [1.54, 1.807) is 7.05 Å². The zero-order chi connectivity index (χ0) is 15.6. The molecule has 1 amide bonds. The maximum absolute atomic E-state index is 12.8. The number of nitrogens with zero attached hydrogens (tertiary/aromatic N) is 3. The van der Waals surface area contributed by atoms with Gasteiger partial charge >= 0.3 is 5.97 Å². The molecular weight excluding hydrogens is 282 g/mol. The first-order chi connectivity index (χ1) is 10.4. The lowest BCUT2D eigenvalue weighted by atomic mass is 9.72. The highest BCUT2D eigenvalue weighted by Crippen LogP contribution is 2.59. The van der Waals surface area contributed by atoms with Crippen molar-refractivity contribution in [3.8, 4) is 0 Å². The third-order valence-corrected chi connectivity index (χ3v) is 5.94. The van der Waals surface area contributed by atoms with Crippen LogP contribution in [0.2, 0.25) is 0 Å². The minimum atomic E-state index is -1.11. The summed E-state index contributed by atoms with van der Waals surface area (Å²) in [5.74, 6) is 0.285. The zero-order valence-electron chi connectivity index (χ0n) is 12.7. The predicted molar refractivity (Wildman–Crippen MR) is 78.4 cm³/mol. The number of carbonyl (C=O) groups is 2. The molecule has 1 saturated carbocycles. The fraction of sp³-hybridized carbons (Fsp3) is 0.562. The SMILES string of the molecule is Cn1ncc(C(=O)O)c1C(=O)N1C[C@@H]2[C@@H]3C=C[C@@H](C3)[C@]2(C)C1. The second-order valence-corrected chi connectivity index (χ2v) is 7.02. The van der Waals surface area contributed by atoms with Gasteiger partial charge in [-0.25, -0.2) is 4.79 Å². The number of aryl methyl sites for hydroxylation is 1. The molecule has 0 spiro atoms. The molecule has 6 heteroatoms. The van der Waals surface area contributed by atoms with E-state index >= 15 is 0 Å². The van der Waals surface area contributed by atoms with Gasteiger partial charge < -0.3 is 10.0 Å². The van der Waals surface area contributed by atoms with E-state index in [0.717, 1.165) is 0 Å². The second-order valence-electron chi connectivity index (χ2n) is 7.02.